The predicted molar refractivity (Wildman–Crippen MR) is 136 cm³/mol. The van der Waals surface area contributed by atoms with E-state index in [1.54, 1.807) is 6.92 Å². The predicted octanol–water partition coefficient (Wildman–Crippen LogP) is 4.41. The summed E-state index contributed by atoms with van der Waals surface area (Å²) >= 11 is 0. The molecule has 2 fully saturated rings. The van der Waals surface area contributed by atoms with Gasteiger partial charge in [0.25, 0.3) is 0 Å². The fourth-order valence-corrected chi connectivity index (χ4v) is 7.81. The van der Waals surface area contributed by atoms with Crippen LogP contribution in [0, 0.1) is 28.6 Å². The molecule has 6 heteroatoms. The summed E-state index contributed by atoms with van der Waals surface area (Å²) in [7, 11) is 0. The third kappa shape index (κ3) is 4.24. The van der Waals surface area contributed by atoms with Crippen LogP contribution >= 0.6 is 0 Å². The number of allylic oxidation sites excluding steroid dienone is 3. The van der Waals surface area contributed by atoms with Gasteiger partial charge < -0.3 is 15.8 Å². The highest BCUT2D eigenvalue weighted by molar-refractivity contribution is 5.85. The number of esters is 1. The Labute approximate surface area is 208 Å². The van der Waals surface area contributed by atoms with Crippen molar-refractivity contribution in [2.45, 2.75) is 77.9 Å². The Morgan fingerprint density at radius 3 is 2.71 bits per heavy atom. The first kappa shape index (κ1) is 24.2. The van der Waals surface area contributed by atoms with Crippen molar-refractivity contribution in [3.63, 3.8) is 0 Å². The second-order valence-corrected chi connectivity index (χ2v) is 11.7. The molecule has 0 aromatic carbocycles. The number of nitrogens with zero attached hydrogens (tertiary/aromatic N) is 1. The van der Waals surface area contributed by atoms with E-state index in [0.29, 0.717) is 17.8 Å². The van der Waals surface area contributed by atoms with Crippen LogP contribution in [0.15, 0.2) is 42.3 Å². The Morgan fingerprint density at radius 1 is 1.17 bits per heavy atom. The number of hydrogen-bond acceptors (Lipinski definition) is 5. The number of hydrogen-bond donors (Lipinski definition) is 2. The summed E-state index contributed by atoms with van der Waals surface area (Å²) in [6.45, 7) is 6.43. The molecule has 0 radical (unpaired) electrons. The summed E-state index contributed by atoms with van der Waals surface area (Å²) in [5, 5.41) is 2.55. The number of aromatic nitrogens is 1. The highest BCUT2D eigenvalue weighted by Crippen LogP contribution is 2.66. The molecule has 1 heterocycles. The van der Waals surface area contributed by atoms with Crippen LogP contribution in [-0.2, 0) is 14.3 Å². The van der Waals surface area contributed by atoms with Crippen LogP contribution in [0.4, 0.5) is 0 Å². The molecule has 0 saturated heterocycles. The molecule has 35 heavy (non-hydrogen) atoms. The minimum absolute atomic E-state index is 0.107. The zero-order valence-electron chi connectivity index (χ0n) is 21.3. The number of nitrogens with two attached hydrogens (primary N) is 1. The lowest BCUT2D eigenvalue weighted by molar-refractivity contribution is -0.151. The van der Waals surface area contributed by atoms with E-state index in [9.17, 15) is 9.59 Å². The number of nitrogens with one attached hydrogen (secondary N) is 1. The van der Waals surface area contributed by atoms with Gasteiger partial charge >= 0.3 is 5.97 Å². The van der Waals surface area contributed by atoms with E-state index in [1.165, 1.54) is 29.6 Å². The maximum absolute atomic E-state index is 12.3. The van der Waals surface area contributed by atoms with Gasteiger partial charge in [-0.3, -0.25) is 14.6 Å². The van der Waals surface area contributed by atoms with E-state index >= 15 is 0 Å². The van der Waals surface area contributed by atoms with E-state index < -0.39 is 6.04 Å². The lowest BCUT2D eigenvalue weighted by Crippen LogP contribution is -2.50. The number of carbonyl (C=O) groups is 2. The molecule has 1 amide bonds. The van der Waals surface area contributed by atoms with Gasteiger partial charge in [0, 0.05) is 18.8 Å². The van der Waals surface area contributed by atoms with Gasteiger partial charge in [-0.1, -0.05) is 37.6 Å². The molecule has 0 bridgehead atoms. The fraction of sp³-hybridized carbons (Fsp3) is 0.621. The second kappa shape index (κ2) is 9.20. The molecule has 0 aliphatic heterocycles. The summed E-state index contributed by atoms with van der Waals surface area (Å²) < 4.78 is 5.75. The number of pyridine rings is 1. The van der Waals surface area contributed by atoms with Gasteiger partial charge in [0.1, 0.15) is 12.6 Å². The lowest BCUT2D eigenvalue weighted by Gasteiger charge is -2.57. The number of amides is 1. The Bertz CT molecular complexity index is 1050. The van der Waals surface area contributed by atoms with Crippen molar-refractivity contribution < 1.29 is 14.3 Å². The van der Waals surface area contributed by atoms with E-state index in [0.717, 1.165) is 32.1 Å². The zero-order chi connectivity index (χ0) is 24.8. The molecule has 5 rings (SSSR count). The highest BCUT2D eigenvalue weighted by atomic mass is 16.5. The first-order valence-electron chi connectivity index (χ1n) is 13.3. The molecule has 6 nitrogen and oxygen atoms in total. The van der Waals surface area contributed by atoms with Gasteiger partial charge in [-0.25, -0.2) is 0 Å². The quantitative estimate of drug-likeness (QED) is 0.484. The molecule has 1 aromatic rings. The normalized spacial score (nSPS) is 36.6. The maximum Gasteiger partial charge on any atom is 0.325 e. The number of ether oxygens (including phenoxy) is 1. The van der Waals surface area contributed by atoms with E-state index in [-0.39, 0.29) is 35.4 Å². The molecule has 7 atom stereocenters. The molecule has 188 valence electrons. The van der Waals surface area contributed by atoms with Crippen LogP contribution in [0.5, 0.6) is 0 Å². The summed E-state index contributed by atoms with van der Waals surface area (Å²) in [6.07, 6.45) is 16.2. The SMILES string of the molecule is CC(N)C(=O)NCC(=O)OC1CCC2(C)C(=CCC3C2CCC2(C)C(c4cccnc4)=CCC32)C1. The molecule has 0 spiro atoms. The van der Waals surface area contributed by atoms with Crippen LogP contribution in [0.3, 0.4) is 0 Å². The third-order valence-corrected chi connectivity index (χ3v) is 9.73. The van der Waals surface area contributed by atoms with Gasteiger partial charge in [-0.05, 0) is 91.2 Å². The largest absolute Gasteiger partial charge is 0.461 e. The molecule has 2 saturated carbocycles. The molecule has 1 aromatic heterocycles. The maximum atomic E-state index is 12.3. The standard InChI is InChI=1S/C29H39N3O3/c1-18(30)27(34)32-17-26(33)35-21-10-12-28(2)20(15-21)6-7-22-24-9-8-23(19-5-4-14-31-16-19)29(24,3)13-11-25(22)28/h4-6,8,14,16,18,21-22,24-25H,7,9-13,15,17,30H2,1-3H3,(H,32,34). The van der Waals surface area contributed by atoms with Crippen molar-refractivity contribution in [3.8, 4) is 0 Å². The Hall–Kier alpha value is -2.47. The molecule has 4 aliphatic rings. The molecule has 7 unspecified atom stereocenters. The van der Waals surface area contributed by atoms with Gasteiger partial charge in [0.05, 0.1) is 6.04 Å². The first-order chi connectivity index (χ1) is 16.7. The topological polar surface area (TPSA) is 94.3 Å². The van der Waals surface area contributed by atoms with E-state index in [1.807, 2.05) is 18.5 Å². The van der Waals surface area contributed by atoms with Crippen molar-refractivity contribution >= 4 is 17.4 Å². The molecular formula is C29H39N3O3. The van der Waals surface area contributed by atoms with Crippen molar-refractivity contribution in [1.82, 2.24) is 10.3 Å². The Morgan fingerprint density at radius 2 is 1.97 bits per heavy atom. The monoisotopic (exact) mass is 477 g/mol. The van der Waals surface area contributed by atoms with E-state index in [4.69, 9.17) is 10.5 Å². The van der Waals surface area contributed by atoms with Crippen LogP contribution in [0.1, 0.15) is 71.3 Å². The number of rotatable bonds is 5. The van der Waals surface area contributed by atoms with Gasteiger partial charge in [-0.15, -0.1) is 0 Å². The van der Waals surface area contributed by atoms with Crippen molar-refractivity contribution in [3.05, 3.63) is 47.8 Å². The third-order valence-electron chi connectivity index (χ3n) is 9.73. The number of carbonyl (C=O) groups excluding carboxylic acids is 2. The summed E-state index contributed by atoms with van der Waals surface area (Å²) in [5.41, 5.74) is 10.2. The van der Waals surface area contributed by atoms with Crippen LogP contribution in [0.25, 0.3) is 5.57 Å². The van der Waals surface area contributed by atoms with Crippen molar-refractivity contribution in [2.24, 2.45) is 34.3 Å². The Balaban J connectivity index is 1.26. The van der Waals surface area contributed by atoms with Gasteiger partial charge in [0.2, 0.25) is 5.91 Å². The number of fused-ring (bicyclic) bond motifs is 5. The lowest BCUT2D eigenvalue weighted by atomic mass is 9.47. The van der Waals surface area contributed by atoms with E-state index in [2.05, 4.69) is 42.4 Å². The van der Waals surface area contributed by atoms with Crippen molar-refractivity contribution in [1.29, 1.82) is 0 Å². The highest BCUT2D eigenvalue weighted by Gasteiger charge is 2.57. The average Bonchev–Trinajstić information content (AvgIpc) is 3.20. The van der Waals surface area contributed by atoms with Crippen LogP contribution < -0.4 is 11.1 Å². The van der Waals surface area contributed by atoms with Gasteiger partial charge in [-0.2, -0.15) is 0 Å². The molecular weight excluding hydrogens is 438 g/mol. The smallest absolute Gasteiger partial charge is 0.325 e. The zero-order valence-corrected chi connectivity index (χ0v) is 21.3. The van der Waals surface area contributed by atoms with Gasteiger partial charge in [0.15, 0.2) is 0 Å². The minimum atomic E-state index is -0.633. The molecule has 3 N–H and O–H groups in total. The Kier molecular flexibility index (Phi) is 6.37. The summed E-state index contributed by atoms with van der Waals surface area (Å²) in [5.74, 6) is 1.34. The van der Waals surface area contributed by atoms with Crippen LogP contribution in [-0.4, -0.2) is 35.6 Å². The minimum Gasteiger partial charge on any atom is -0.461 e. The summed E-state index contributed by atoms with van der Waals surface area (Å²) in [4.78, 5) is 28.3. The summed E-state index contributed by atoms with van der Waals surface area (Å²) in [6, 6.07) is 3.63. The average molecular weight is 478 g/mol. The van der Waals surface area contributed by atoms with Crippen molar-refractivity contribution in [2.75, 3.05) is 6.54 Å². The van der Waals surface area contributed by atoms with Crippen LogP contribution in [0.2, 0.25) is 0 Å². The second-order valence-electron chi connectivity index (χ2n) is 11.7. The fourth-order valence-electron chi connectivity index (χ4n) is 7.81. The molecule has 4 aliphatic carbocycles. The first-order valence-corrected chi connectivity index (χ1v) is 13.3.